The normalized spacial score (nSPS) is 24.4. The minimum atomic E-state index is -0.294. The van der Waals surface area contributed by atoms with Gasteiger partial charge in [0.1, 0.15) is 0 Å². The summed E-state index contributed by atoms with van der Waals surface area (Å²) in [6.07, 6.45) is -0.294. The second-order valence-electron chi connectivity index (χ2n) is 6.45. The molecule has 0 N–H and O–H groups in total. The molecule has 0 spiro atoms. The van der Waals surface area contributed by atoms with Crippen molar-refractivity contribution in [3.63, 3.8) is 0 Å². The molecule has 2 aromatic rings. The first-order valence-corrected chi connectivity index (χ1v) is 8.41. The van der Waals surface area contributed by atoms with Crippen molar-refractivity contribution >= 4 is 23.2 Å². The van der Waals surface area contributed by atoms with E-state index in [0.29, 0.717) is 5.90 Å². The monoisotopic (exact) mass is 335 g/mol. The van der Waals surface area contributed by atoms with Gasteiger partial charge >= 0.3 is 0 Å². The Morgan fingerprint density at radius 3 is 2.32 bits per heavy atom. The van der Waals surface area contributed by atoms with Crippen molar-refractivity contribution in [2.45, 2.75) is 25.0 Å². The first-order chi connectivity index (χ1) is 12.1. The zero-order chi connectivity index (χ0) is 17.6. The number of anilines is 2. The third-order valence-electron chi connectivity index (χ3n) is 5.11. The third-order valence-corrected chi connectivity index (χ3v) is 5.11. The van der Waals surface area contributed by atoms with E-state index in [4.69, 9.17) is 9.73 Å². The molecule has 128 valence electrons. The Morgan fingerprint density at radius 1 is 1.04 bits per heavy atom. The van der Waals surface area contributed by atoms with Crippen molar-refractivity contribution in [1.82, 2.24) is 0 Å². The highest BCUT2D eigenvalue weighted by Crippen LogP contribution is 2.45. The van der Waals surface area contributed by atoms with Crippen LogP contribution in [-0.4, -0.2) is 38.2 Å². The number of hydrogen-bond acceptors (Lipinski definition) is 4. The van der Waals surface area contributed by atoms with E-state index in [1.807, 2.05) is 42.5 Å². The quantitative estimate of drug-likeness (QED) is 0.805. The Bertz CT molecular complexity index is 834. The molecular formula is C20H21N3O2. The van der Waals surface area contributed by atoms with E-state index in [1.54, 1.807) is 18.9 Å². The van der Waals surface area contributed by atoms with Gasteiger partial charge in [0.05, 0.1) is 30.4 Å². The predicted octanol–water partition coefficient (Wildman–Crippen LogP) is 3.03. The number of carbonyl (C=O) groups excluding carboxylic acids is 1. The minimum absolute atomic E-state index is 0.00356. The van der Waals surface area contributed by atoms with E-state index in [-0.39, 0.29) is 24.0 Å². The molecule has 0 aromatic heterocycles. The topological polar surface area (TPSA) is 45.1 Å². The van der Waals surface area contributed by atoms with E-state index in [2.05, 4.69) is 24.1 Å². The van der Waals surface area contributed by atoms with Crippen molar-refractivity contribution in [3.8, 4) is 0 Å². The van der Waals surface area contributed by atoms with Crippen LogP contribution in [0.2, 0.25) is 0 Å². The second kappa shape index (κ2) is 5.92. The van der Waals surface area contributed by atoms with Crippen LogP contribution >= 0.6 is 0 Å². The lowest BCUT2D eigenvalue weighted by Gasteiger charge is -2.45. The van der Waals surface area contributed by atoms with E-state index in [1.165, 1.54) is 0 Å². The summed E-state index contributed by atoms with van der Waals surface area (Å²) in [6.45, 7) is 1.59. The van der Waals surface area contributed by atoms with Gasteiger partial charge in [-0.25, -0.2) is 4.99 Å². The van der Waals surface area contributed by atoms with Crippen molar-refractivity contribution in [3.05, 3.63) is 60.2 Å². The molecule has 0 aliphatic carbocycles. The molecule has 25 heavy (non-hydrogen) atoms. The van der Waals surface area contributed by atoms with Crippen LogP contribution in [0, 0.1) is 0 Å². The number of carbonyl (C=O) groups is 1. The zero-order valence-electron chi connectivity index (χ0n) is 14.6. The fraction of sp³-hybridized carbons (Fsp3) is 0.300. The fourth-order valence-corrected chi connectivity index (χ4v) is 4.04. The van der Waals surface area contributed by atoms with Crippen molar-refractivity contribution in [1.29, 1.82) is 0 Å². The molecule has 0 unspecified atom stereocenters. The Kier molecular flexibility index (Phi) is 3.71. The summed E-state index contributed by atoms with van der Waals surface area (Å²) in [6, 6.07) is 18.2. The average molecular weight is 335 g/mol. The molecule has 5 heteroatoms. The number of hydrogen-bond donors (Lipinski definition) is 0. The van der Waals surface area contributed by atoms with Gasteiger partial charge in [0.2, 0.25) is 5.91 Å². The van der Waals surface area contributed by atoms with Gasteiger partial charge in [-0.2, -0.15) is 0 Å². The summed E-state index contributed by atoms with van der Waals surface area (Å²) >= 11 is 0. The van der Waals surface area contributed by atoms with Crippen LogP contribution in [0.3, 0.4) is 0 Å². The Hall–Kier alpha value is -2.82. The molecule has 4 rings (SSSR count). The Morgan fingerprint density at radius 2 is 1.68 bits per heavy atom. The van der Waals surface area contributed by atoms with Crippen LogP contribution in [0.4, 0.5) is 11.4 Å². The summed E-state index contributed by atoms with van der Waals surface area (Å²) < 4.78 is 5.63. The molecule has 0 radical (unpaired) electrons. The number of methoxy groups -OCH3 is 1. The largest absolute Gasteiger partial charge is 0.484 e. The first kappa shape index (κ1) is 15.7. The SMILES string of the molecule is COC1=N[C@@H]2[C@@H]([C@@H]1c1ccccc1)N(C)c1ccccc1N2C(C)=O. The summed E-state index contributed by atoms with van der Waals surface area (Å²) in [5, 5.41) is 0. The average Bonchev–Trinajstić information content (AvgIpc) is 3.02. The second-order valence-corrected chi connectivity index (χ2v) is 6.45. The first-order valence-electron chi connectivity index (χ1n) is 8.41. The molecule has 2 aromatic carbocycles. The molecule has 0 saturated heterocycles. The molecule has 0 saturated carbocycles. The number of amides is 1. The lowest BCUT2D eigenvalue weighted by molar-refractivity contribution is -0.117. The lowest BCUT2D eigenvalue weighted by Crippen LogP contribution is -2.56. The molecule has 2 aliphatic rings. The fourth-order valence-electron chi connectivity index (χ4n) is 4.04. The maximum atomic E-state index is 12.4. The van der Waals surface area contributed by atoms with Gasteiger partial charge in [0.15, 0.2) is 12.1 Å². The summed E-state index contributed by atoms with van der Waals surface area (Å²) in [5.74, 6) is 0.645. The number of aliphatic imine (C=N–C) groups is 1. The van der Waals surface area contributed by atoms with E-state index in [9.17, 15) is 4.79 Å². The van der Waals surface area contributed by atoms with Gasteiger partial charge in [0.25, 0.3) is 0 Å². The number of rotatable bonds is 1. The molecule has 3 atom stereocenters. The van der Waals surface area contributed by atoms with Gasteiger partial charge in [0, 0.05) is 14.0 Å². The van der Waals surface area contributed by atoms with Crippen LogP contribution in [0.1, 0.15) is 18.4 Å². The molecule has 0 fully saturated rings. The van der Waals surface area contributed by atoms with Gasteiger partial charge < -0.3 is 9.64 Å². The number of ether oxygens (including phenoxy) is 1. The number of nitrogens with zero attached hydrogens (tertiary/aromatic N) is 3. The third kappa shape index (κ3) is 2.30. The molecule has 0 bridgehead atoms. The van der Waals surface area contributed by atoms with Crippen LogP contribution in [0.5, 0.6) is 0 Å². The lowest BCUT2D eigenvalue weighted by atomic mass is 9.88. The Balaban J connectivity index is 1.88. The van der Waals surface area contributed by atoms with Crippen molar-refractivity contribution < 1.29 is 9.53 Å². The maximum Gasteiger partial charge on any atom is 0.225 e. The van der Waals surface area contributed by atoms with Gasteiger partial charge in [-0.05, 0) is 17.7 Å². The van der Waals surface area contributed by atoms with Crippen molar-refractivity contribution in [2.24, 2.45) is 4.99 Å². The van der Waals surface area contributed by atoms with E-state index in [0.717, 1.165) is 16.9 Å². The highest BCUT2D eigenvalue weighted by atomic mass is 16.5. The highest BCUT2D eigenvalue weighted by Gasteiger charge is 2.50. The Labute approximate surface area is 147 Å². The highest BCUT2D eigenvalue weighted by molar-refractivity contribution is 6.00. The van der Waals surface area contributed by atoms with Gasteiger partial charge in [-0.1, -0.05) is 42.5 Å². The summed E-state index contributed by atoms with van der Waals surface area (Å²) in [4.78, 5) is 21.3. The number of para-hydroxylation sites is 2. The van der Waals surface area contributed by atoms with Crippen LogP contribution in [0.25, 0.3) is 0 Å². The number of fused-ring (bicyclic) bond motifs is 2. The minimum Gasteiger partial charge on any atom is -0.484 e. The summed E-state index contributed by atoms with van der Waals surface area (Å²) in [7, 11) is 3.72. The van der Waals surface area contributed by atoms with E-state index >= 15 is 0 Å². The van der Waals surface area contributed by atoms with Crippen LogP contribution in [-0.2, 0) is 9.53 Å². The van der Waals surface area contributed by atoms with Crippen LogP contribution in [0.15, 0.2) is 59.6 Å². The smallest absolute Gasteiger partial charge is 0.225 e. The molecule has 5 nitrogen and oxygen atoms in total. The molecule has 2 heterocycles. The molecule has 1 amide bonds. The van der Waals surface area contributed by atoms with Gasteiger partial charge in [-0.3, -0.25) is 9.69 Å². The number of benzene rings is 2. The maximum absolute atomic E-state index is 12.4. The predicted molar refractivity (Wildman–Crippen MR) is 99.2 cm³/mol. The zero-order valence-corrected chi connectivity index (χ0v) is 14.6. The van der Waals surface area contributed by atoms with Crippen LogP contribution < -0.4 is 9.80 Å². The number of likely N-dealkylation sites (N-methyl/N-ethyl adjacent to an activating group) is 1. The standard InChI is InChI=1S/C20H21N3O2/c1-13(24)23-16-12-8-7-11-15(16)22(2)18-17(14-9-5-4-6-10-14)20(25-3)21-19(18)23/h4-12,17-19H,1-3H3/t17-,18+,19-/m0/s1. The molecule has 2 aliphatic heterocycles. The summed E-state index contributed by atoms with van der Waals surface area (Å²) in [5.41, 5.74) is 3.07. The molecular weight excluding hydrogens is 314 g/mol. The van der Waals surface area contributed by atoms with E-state index < -0.39 is 0 Å². The van der Waals surface area contributed by atoms with Crippen molar-refractivity contribution in [2.75, 3.05) is 24.0 Å². The van der Waals surface area contributed by atoms with Gasteiger partial charge in [-0.15, -0.1) is 0 Å².